The van der Waals surface area contributed by atoms with E-state index in [1.54, 1.807) is 0 Å². The van der Waals surface area contributed by atoms with E-state index in [9.17, 15) is 9.59 Å². The van der Waals surface area contributed by atoms with Crippen LogP contribution in [0.15, 0.2) is 0 Å². The summed E-state index contributed by atoms with van der Waals surface area (Å²) in [4.78, 5) is 25.3. The molecule has 0 aromatic heterocycles. The van der Waals surface area contributed by atoms with Crippen molar-refractivity contribution in [1.29, 1.82) is 0 Å². The van der Waals surface area contributed by atoms with Crippen molar-refractivity contribution in [3.63, 3.8) is 0 Å². The van der Waals surface area contributed by atoms with Crippen molar-refractivity contribution in [3.8, 4) is 0 Å². The summed E-state index contributed by atoms with van der Waals surface area (Å²) in [6.45, 7) is 6.48. The van der Waals surface area contributed by atoms with E-state index in [0.29, 0.717) is 6.42 Å². The van der Waals surface area contributed by atoms with Gasteiger partial charge in [-0.15, -0.1) is 0 Å². The van der Waals surface area contributed by atoms with Crippen LogP contribution in [-0.2, 0) is 9.59 Å². The molecule has 0 bridgehead atoms. The second-order valence-corrected chi connectivity index (χ2v) is 5.59. The molecular weight excluding hydrogens is 216 g/mol. The van der Waals surface area contributed by atoms with Gasteiger partial charge in [0.15, 0.2) is 0 Å². The highest BCUT2D eigenvalue weighted by atomic mass is 16.2. The zero-order valence-corrected chi connectivity index (χ0v) is 10.8. The summed E-state index contributed by atoms with van der Waals surface area (Å²) in [5.41, 5.74) is 0.142. The number of piperidine rings is 1. The monoisotopic (exact) mass is 238 g/mol. The van der Waals surface area contributed by atoms with E-state index >= 15 is 0 Å². The van der Waals surface area contributed by atoms with Crippen molar-refractivity contribution in [1.82, 2.24) is 10.2 Å². The minimum Gasteiger partial charge on any atom is -0.356 e. The standard InChI is InChI=1S/C13H22N2O2/c1-3-10(2)12(17)15-6-4-13(5-7-15)8-11(16)14-9-13/h10H,3-9H2,1-2H3,(H,14,16). The van der Waals surface area contributed by atoms with Crippen LogP contribution in [0.2, 0.25) is 0 Å². The summed E-state index contributed by atoms with van der Waals surface area (Å²) < 4.78 is 0. The summed E-state index contributed by atoms with van der Waals surface area (Å²) in [5, 5.41) is 2.92. The molecule has 2 amide bonds. The van der Waals surface area contributed by atoms with Crippen molar-refractivity contribution in [2.75, 3.05) is 19.6 Å². The Morgan fingerprint density at radius 1 is 1.47 bits per heavy atom. The van der Waals surface area contributed by atoms with Crippen molar-refractivity contribution in [2.45, 2.75) is 39.5 Å². The van der Waals surface area contributed by atoms with Crippen LogP contribution in [0.5, 0.6) is 0 Å². The fraction of sp³-hybridized carbons (Fsp3) is 0.846. The normalized spacial score (nSPS) is 24.8. The van der Waals surface area contributed by atoms with E-state index in [1.807, 2.05) is 18.7 Å². The number of carbonyl (C=O) groups is 2. The second kappa shape index (κ2) is 4.67. The molecule has 17 heavy (non-hydrogen) atoms. The van der Waals surface area contributed by atoms with Gasteiger partial charge in [0, 0.05) is 32.0 Å². The van der Waals surface area contributed by atoms with Crippen LogP contribution in [0.25, 0.3) is 0 Å². The van der Waals surface area contributed by atoms with Gasteiger partial charge in [0.2, 0.25) is 11.8 Å². The smallest absolute Gasteiger partial charge is 0.225 e. The lowest BCUT2D eigenvalue weighted by Crippen LogP contribution is -2.45. The Balaban J connectivity index is 1.90. The summed E-state index contributed by atoms with van der Waals surface area (Å²) in [6, 6.07) is 0. The molecule has 1 atom stereocenters. The lowest BCUT2D eigenvalue weighted by atomic mass is 9.77. The summed E-state index contributed by atoms with van der Waals surface area (Å²) in [7, 11) is 0. The first-order valence-corrected chi connectivity index (χ1v) is 6.62. The van der Waals surface area contributed by atoms with E-state index in [4.69, 9.17) is 0 Å². The lowest BCUT2D eigenvalue weighted by Gasteiger charge is -2.39. The van der Waals surface area contributed by atoms with Crippen LogP contribution in [0.1, 0.15) is 39.5 Å². The van der Waals surface area contributed by atoms with Gasteiger partial charge in [-0.25, -0.2) is 0 Å². The summed E-state index contributed by atoms with van der Waals surface area (Å²) in [6.07, 6.45) is 3.49. The molecule has 0 aliphatic carbocycles. The van der Waals surface area contributed by atoms with E-state index in [0.717, 1.165) is 38.9 Å². The first-order valence-electron chi connectivity index (χ1n) is 6.62. The Morgan fingerprint density at radius 3 is 2.59 bits per heavy atom. The largest absolute Gasteiger partial charge is 0.356 e. The van der Waals surface area contributed by atoms with E-state index in [1.165, 1.54) is 0 Å². The topological polar surface area (TPSA) is 49.4 Å². The maximum absolute atomic E-state index is 12.0. The van der Waals surface area contributed by atoms with Gasteiger partial charge < -0.3 is 10.2 Å². The third-order valence-electron chi connectivity index (χ3n) is 4.37. The minimum absolute atomic E-state index is 0.132. The van der Waals surface area contributed by atoms with Crippen molar-refractivity contribution >= 4 is 11.8 Å². The molecule has 2 aliphatic heterocycles. The Bertz CT molecular complexity index is 319. The number of nitrogens with one attached hydrogen (secondary N) is 1. The van der Waals surface area contributed by atoms with Gasteiger partial charge in [0.25, 0.3) is 0 Å². The third-order valence-corrected chi connectivity index (χ3v) is 4.37. The molecule has 0 aromatic rings. The Morgan fingerprint density at radius 2 is 2.12 bits per heavy atom. The van der Waals surface area contributed by atoms with Crippen molar-refractivity contribution < 1.29 is 9.59 Å². The highest BCUT2D eigenvalue weighted by Crippen LogP contribution is 2.37. The number of rotatable bonds is 2. The fourth-order valence-electron chi connectivity index (χ4n) is 2.79. The van der Waals surface area contributed by atoms with Crippen LogP contribution in [0, 0.1) is 11.3 Å². The predicted octanol–water partition coefficient (Wildman–Crippen LogP) is 1.16. The Labute approximate surface area is 103 Å². The average Bonchev–Trinajstić information content (AvgIpc) is 2.70. The summed E-state index contributed by atoms with van der Waals surface area (Å²) in [5.74, 6) is 0.582. The maximum atomic E-state index is 12.0. The van der Waals surface area contributed by atoms with E-state index in [2.05, 4.69) is 5.32 Å². The zero-order valence-electron chi connectivity index (χ0n) is 10.8. The number of carbonyl (C=O) groups excluding carboxylic acids is 2. The molecule has 2 fully saturated rings. The van der Waals surface area contributed by atoms with Gasteiger partial charge in [-0.3, -0.25) is 9.59 Å². The highest BCUT2D eigenvalue weighted by molar-refractivity contribution is 5.80. The average molecular weight is 238 g/mol. The van der Waals surface area contributed by atoms with Gasteiger partial charge in [-0.2, -0.15) is 0 Å². The molecule has 2 aliphatic rings. The van der Waals surface area contributed by atoms with Crippen LogP contribution >= 0.6 is 0 Å². The Hall–Kier alpha value is -1.06. The van der Waals surface area contributed by atoms with Gasteiger partial charge >= 0.3 is 0 Å². The summed E-state index contributed by atoms with van der Waals surface area (Å²) >= 11 is 0. The molecule has 1 N–H and O–H groups in total. The molecule has 1 spiro atoms. The SMILES string of the molecule is CCC(C)C(=O)N1CCC2(CC1)CNC(=O)C2. The predicted molar refractivity (Wildman–Crippen MR) is 65.3 cm³/mol. The molecular formula is C13H22N2O2. The van der Waals surface area contributed by atoms with Crippen molar-refractivity contribution in [2.24, 2.45) is 11.3 Å². The molecule has 2 heterocycles. The first kappa shape index (κ1) is 12.4. The number of nitrogens with zero attached hydrogens (tertiary/aromatic N) is 1. The Kier molecular flexibility index (Phi) is 3.40. The van der Waals surface area contributed by atoms with Crippen LogP contribution < -0.4 is 5.32 Å². The number of hydrogen-bond acceptors (Lipinski definition) is 2. The van der Waals surface area contributed by atoms with Crippen LogP contribution in [-0.4, -0.2) is 36.3 Å². The van der Waals surface area contributed by atoms with Gasteiger partial charge in [-0.05, 0) is 24.7 Å². The van der Waals surface area contributed by atoms with Gasteiger partial charge in [-0.1, -0.05) is 13.8 Å². The van der Waals surface area contributed by atoms with Crippen LogP contribution in [0.3, 0.4) is 0 Å². The van der Waals surface area contributed by atoms with E-state index in [-0.39, 0.29) is 23.1 Å². The molecule has 1 unspecified atom stereocenters. The third kappa shape index (κ3) is 2.45. The number of hydrogen-bond donors (Lipinski definition) is 1. The molecule has 0 saturated carbocycles. The zero-order chi connectivity index (χ0) is 12.5. The van der Waals surface area contributed by atoms with Crippen molar-refractivity contribution in [3.05, 3.63) is 0 Å². The molecule has 0 aromatic carbocycles. The molecule has 2 rings (SSSR count). The van der Waals surface area contributed by atoms with Gasteiger partial charge in [0.1, 0.15) is 0 Å². The number of amides is 2. The maximum Gasteiger partial charge on any atom is 0.225 e. The quantitative estimate of drug-likeness (QED) is 0.785. The molecule has 0 radical (unpaired) electrons. The first-order chi connectivity index (χ1) is 8.06. The van der Waals surface area contributed by atoms with E-state index < -0.39 is 0 Å². The fourth-order valence-corrected chi connectivity index (χ4v) is 2.79. The molecule has 4 heteroatoms. The second-order valence-electron chi connectivity index (χ2n) is 5.59. The minimum atomic E-state index is 0.132. The lowest BCUT2D eigenvalue weighted by molar-refractivity contribution is -0.137. The van der Waals surface area contributed by atoms with Gasteiger partial charge in [0.05, 0.1) is 0 Å². The molecule has 96 valence electrons. The highest BCUT2D eigenvalue weighted by Gasteiger charge is 2.41. The van der Waals surface area contributed by atoms with Crippen LogP contribution in [0.4, 0.5) is 0 Å². The number of likely N-dealkylation sites (tertiary alicyclic amines) is 1. The molecule has 4 nitrogen and oxygen atoms in total. The molecule has 2 saturated heterocycles.